The van der Waals surface area contributed by atoms with E-state index in [-0.39, 0.29) is 11.5 Å². The zero-order valence-electron chi connectivity index (χ0n) is 6.01. The van der Waals surface area contributed by atoms with Gasteiger partial charge < -0.3 is 10.2 Å². The van der Waals surface area contributed by atoms with E-state index in [9.17, 15) is 15.0 Å². The van der Waals surface area contributed by atoms with Gasteiger partial charge in [0.1, 0.15) is 11.5 Å². The normalized spacial score (nSPS) is 10.1. The highest BCUT2D eigenvalue weighted by Gasteiger charge is 2.18. The number of rotatable bonds is 1. The second-order valence-electron chi connectivity index (χ2n) is 2.17. The molecule has 0 aliphatic carbocycles. The molecule has 0 atom stereocenters. The lowest BCUT2D eigenvalue weighted by Gasteiger charge is -2.08. The minimum Gasteiger partial charge on any atom is -0.506 e. The van der Waals surface area contributed by atoms with E-state index in [1.807, 2.05) is 67.8 Å². The Morgan fingerprint density at radius 1 is 0.923 bits per heavy atom. The molecule has 0 bridgehead atoms. The number of hydrogen-bond donors (Lipinski definition) is 2. The number of carbonyl (C=O) groups excluding carboxylic acids is 1. The number of hydrogen-bond acceptors (Lipinski definition) is 3. The predicted octanol–water partition coefficient (Wildman–Crippen LogP) is 2.72. The van der Waals surface area contributed by atoms with Gasteiger partial charge in [-0.25, -0.2) is 0 Å². The molecule has 0 amide bonds. The molecule has 1 aromatic carbocycles. The summed E-state index contributed by atoms with van der Waals surface area (Å²) in [5.41, 5.74) is 0.330. The fraction of sp³-hybridized carbons (Fsp3) is 0. The van der Waals surface area contributed by atoms with Gasteiger partial charge in [0.25, 0.3) is 0 Å². The molecule has 1 rings (SSSR count). The molecule has 0 radical (unpaired) electrons. The first-order valence-electron chi connectivity index (χ1n) is 3.04. The summed E-state index contributed by atoms with van der Waals surface area (Å²) in [6.07, 6.45) is 0.624. The average Bonchev–Trinajstić information content (AvgIpc) is 2.13. The van der Waals surface area contributed by atoms with Crippen LogP contribution in [0.15, 0.2) is 0 Å². The van der Waals surface area contributed by atoms with Crippen molar-refractivity contribution < 1.29 is 15.0 Å². The third-order valence-electron chi connectivity index (χ3n) is 1.42. The van der Waals surface area contributed by atoms with Crippen LogP contribution in [0.25, 0.3) is 0 Å². The minimum absolute atomic E-state index is 0.0405. The fourth-order valence-corrected chi connectivity index (χ4v) is 4.18. The number of halogens is 3. The second kappa shape index (κ2) is 4.47. The first kappa shape index (κ1) is 11.8. The van der Waals surface area contributed by atoms with Gasteiger partial charge in [0.05, 0.1) is 10.7 Å². The van der Waals surface area contributed by atoms with Crippen molar-refractivity contribution in [2.75, 3.05) is 0 Å². The summed E-state index contributed by atoms with van der Waals surface area (Å²) in [6.45, 7) is 0. The zero-order valence-corrected chi connectivity index (χ0v) is 12.5. The van der Waals surface area contributed by atoms with Crippen LogP contribution in [0.3, 0.4) is 0 Å². The molecule has 0 saturated heterocycles. The maximum Gasteiger partial charge on any atom is 0.152 e. The SMILES string of the molecule is O=Cc1c(I)c(O)c(I)c(O)c1I. The Balaban J connectivity index is 3.66. The fourth-order valence-electron chi connectivity index (χ4n) is 0.760. The average molecular weight is 516 g/mol. The Kier molecular flexibility index (Phi) is 4.04. The van der Waals surface area contributed by atoms with E-state index >= 15 is 0 Å². The van der Waals surface area contributed by atoms with Crippen LogP contribution in [0.1, 0.15) is 10.4 Å². The maximum absolute atomic E-state index is 10.6. The number of phenols is 2. The van der Waals surface area contributed by atoms with Crippen molar-refractivity contribution >= 4 is 74.1 Å². The summed E-state index contributed by atoms with van der Waals surface area (Å²) in [6, 6.07) is 0. The highest BCUT2D eigenvalue weighted by atomic mass is 127. The molecule has 0 aliphatic rings. The summed E-state index contributed by atoms with van der Waals surface area (Å²) in [7, 11) is 0. The molecule has 0 fully saturated rings. The van der Waals surface area contributed by atoms with Crippen LogP contribution in [-0.2, 0) is 0 Å². The molecule has 2 N–H and O–H groups in total. The van der Waals surface area contributed by atoms with Crippen LogP contribution in [0.5, 0.6) is 11.5 Å². The highest BCUT2D eigenvalue weighted by Crippen LogP contribution is 2.39. The van der Waals surface area contributed by atoms with Crippen LogP contribution in [0, 0.1) is 10.7 Å². The van der Waals surface area contributed by atoms with E-state index in [1.54, 1.807) is 0 Å². The lowest BCUT2D eigenvalue weighted by Crippen LogP contribution is -1.95. The van der Waals surface area contributed by atoms with Crippen LogP contribution in [0.4, 0.5) is 0 Å². The van der Waals surface area contributed by atoms with Gasteiger partial charge in [-0.15, -0.1) is 0 Å². The number of benzene rings is 1. The van der Waals surface area contributed by atoms with Crippen LogP contribution < -0.4 is 0 Å². The second-order valence-corrected chi connectivity index (χ2v) is 5.41. The molecule has 13 heavy (non-hydrogen) atoms. The smallest absolute Gasteiger partial charge is 0.152 e. The molecule has 0 saturated carbocycles. The van der Waals surface area contributed by atoms with Crippen molar-refractivity contribution in [1.82, 2.24) is 0 Å². The van der Waals surface area contributed by atoms with E-state index in [0.717, 1.165) is 0 Å². The maximum atomic E-state index is 10.6. The number of aromatic hydroxyl groups is 2. The monoisotopic (exact) mass is 516 g/mol. The summed E-state index contributed by atoms with van der Waals surface area (Å²) in [5, 5.41) is 19.0. The van der Waals surface area contributed by atoms with Gasteiger partial charge in [0.2, 0.25) is 0 Å². The van der Waals surface area contributed by atoms with E-state index in [4.69, 9.17) is 0 Å². The molecular weight excluding hydrogens is 513 g/mol. The predicted molar refractivity (Wildman–Crippen MR) is 73.3 cm³/mol. The molecule has 6 heteroatoms. The Bertz CT molecular complexity index is 347. The van der Waals surface area contributed by atoms with Gasteiger partial charge in [-0.1, -0.05) is 0 Å². The van der Waals surface area contributed by atoms with Crippen molar-refractivity contribution in [2.24, 2.45) is 0 Å². The highest BCUT2D eigenvalue weighted by molar-refractivity contribution is 14.1. The van der Waals surface area contributed by atoms with Crippen LogP contribution in [-0.4, -0.2) is 16.5 Å². The van der Waals surface area contributed by atoms with Gasteiger partial charge in [-0.05, 0) is 67.8 Å². The Hall–Kier alpha value is 0.680. The lowest BCUT2D eigenvalue weighted by molar-refractivity contribution is 0.112. The zero-order chi connectivity index (χ0) is 10.2. The number of phenolic OH excluding ortho intramolecular Hbond substituents is 2. The van der Waals surface area contributed by atoms with Crippen LogP contribution in [0.2, 0.25) is 0 Å². The van der Waals surface area contributed by atoms with Gasteiger partial charge in [0.15, 0.2) is 6.29 Å². The summed E-state index contributed by atoms with van der Waals surface area (Å²) < 4.78 is 1.32. The van der Waals surface area contributed by atoms with Gasteiger partial charge in [-0.2, -0.15) is 0 Å². The molecule has 0 aromatic heterocycles. The first-order valence-corrected chi connectivity index (χ1v) is 6.27. The Morgan fingerprint density at radius 2 is 1.31 bits per heavy atom. The summed E-state index contributed by atoms with van der Waals surface area (Å²) >= 11 is 5.57. The van der Waals surface area contributed by atoms with Crippen molar-refractivity contribution in [3.63, 3.8) is 0 Å². The molecule has 0 unspecified atom stereocenters. The topological polar surface area (TPSA) is 57.5 Å². The van der Waals surface area contributed by atoms with E-state index in [0.29, 0.717) is 22.6 Å². The molecule has 1 aromatic rings. The molecular formula is C7H3I3O3. The summed E-state index contributed by atoms with van der Waals surface area (Å²) in [4.78, 5) is 10.6. The Morgan fingerprint density at radius 3 is 1.62 bits per heavy atom. The third kappa shape index (κ3) is 2.03. The number of carbonyl (C=O) groups is 1. The van der Waals surface area contributed by atoms with Crippen LogP contribution >= 0.6 is 67.8 Å². The first-order chi connectivity index (χ1) is 6.00. The largest absolute Gasteiger partial charge is 0.506 e. The standard InChI is InChI=1S/C7H3I3O3/c8-3-2(1-11)4(9)7(13)5(10)6(3)12/h1,12-13H. The quantitative estimate of drug-likeness (QED) is 0.447. The van der Waals surface area contributed by atoms with Crippen molar-refractivity contribution in [1.29, 1.82) is 0 Å². The molecule has 0 heterocycles. The number of aldehydes is 1. The Labute approximate surface area is 115 Å². The van der Waals surface area contributed by atoms with Crippen molar-refractivity contribution in [3.05, 3.63) is 16.3 Å². The van der Waals surface area contributed by atoms with Gasteiger partial charge in [0, 0.05) is 5.56 Å². The van der Waals surface area contributed by atoms with E-state index in [2.05, 4.69) is 0 Å². The van der Waals surface area contributed by atoms with Gasteiger partial charge >= 0.3 is 0 Å². The minimum atomic E-state index is -0.0405. The van der Waals surface area contributed by atoms with E-state index < -0.39 is 0 Å². The van der Waals surface area contributed by atoms with E-state index in [1.165, 1.54) is 0 Å². The summed E-state index contributed by atoms with van der Waals surface area (Å²) in [5.74, 6) is -0.0811. The molecule has 3 nitrogen and oxygen atoms in total. The lowest BCUT2D eigenvalue weighted by atomic mass is 10.2. The molecule has 0 aliphatic heterocycles. The third-order valence-corrected chi connectivity index (χ3v) is 4.63. The molecule has 70 valence electrons. The molecule has 0 spiro atoms. The van der Waals surface area contributed by atoms with Gasteiger partial charge in [-0.3, -0.25) is 4.79 Å². The van der Waals surface area contributed by atoms with Crippen molar-refractivity contribution in [2.45, 2.75) is 0 Å². The van der Waals surface area contributed by atoms with Crippen molar-refractivity contribution in [3.8, 4) is 11.5 Å².